The zero-order valence-electron chi connectivity index (χ0n) is 18.4. The molecule has 10 nitrogen and oxygen atoms in total. The summed E-state index contributed by atoms with van der Waals surface area (Å²) in [4.78, 5) is 24.6. The van der Waals surface area contributed by atoms with Crippen molar-refractivity contribution in [3.8, 4) is 17.2 Å². The van der Waals surface area contributed by atoms with Gasteiger partial charge in [0.25, 0.3) is 5.91 Å². The lowest BCUT2D eigenvalue weighted by molar-refractivity contribution is -0.118. The first kappa shape index (κ1) is 25.0. The van der Waals surface area contributed by atoms with Gasteiger partial charge in [-0.1, -0.05) is 0 Å². The largest absolute Gasteiger partial charge is 0.493 e. The molecule has 0 bridgehead atoms. The van der Waals surface area contributed by atoms with Gasteiger partial charge in [-0.2, -0.15) is 0 Å². The second kappa shape index (κ2) is 10.8. The molecule has 2 rings (SSSR count). The molecule has 0 fully saturated rings. The fraction of sp³-hybridized carbons (Fsp3) is 0.333. The van der Waals surface area contributed by atoms with E-state index in [9.17, 15) is 18.0 Å². The first-order chi connectivity index (χ1) is 15.1. The third-order valence-corrected chi connectivity index (χ3v) is 5.77. The van der Waals surface area contributed by atoms with Crippen LogP contribution in [0.1, 0.15) is 24.2 Å². The molecular weight excluding hydrogens is 440 g/mol. The summed E-state index contributed by atoms with van der Waals surface area (Å²) in [6.45, 7) is 3.06. The monoisotopic (exact) mass is 466 g/mol. The molecule has 0 aliphatic carbocycles. The lowest BCUT2D eigenvalue weighted by Gasteiger charge is -2.15. The Balaban J connectivity index is 2.11. The normalized spacial score (nSPS) is 11.1. The van der Waals surface area contributed by atoms with Gasteiger partial charge in [-0.05, 0) is 38.1 Å². The molecule has 2 N–H and O–H groups in total. The van der Waals surface area contributed by atoms with Crippen LogP contribution >= 0.6 is 0 Å². The molecule has 0 heterocycles. The van der Waals surface area contributed by atoms with Gasteiger partial charge in [0, 0.05) is 18.2 Å². The summed E-state index contributed by atoms with van der Waals surface area (Å²) in [5.74, 6) is -0.328. The highest BCUT2D eigenvalue weighted by atomic mass is 32.2. The second-order valence-corrected chi connectivity index (χ2v) is 8.54. The Labute approximate surface area is 186 Å². The zero-order chi connectivity index (χ0) is 23.9. The second-order valence-electron chi connectivity index (χ2n) is 6.83. The Morgan fingerprint density at radius 3 is 2.09 bits per heavy atom. The number of carbonyl (C=O) groups excluding carboxylic acids is 2. The summed E-state index contributed by atoms with van der Waals surface area (Å²) in [5, 5.41) is 2.57. The van der Waals surface area contributed by atoms with E-state index in [1.807, 2.05) is 0 Å². The van der Waals surface area contributed by atoms with E-state index >= 15 is 0 Å². The van der Waals surface area contributed by atoms with Crippen molar-refractivity contribution in [2.75, 3.05) is 33.3 Å². The number of benzene rings is 2. The van der Waals surface area contributed by atoms with E-state index < -0.39 is 21.9 Å². The van der Waals surface area contributed by atoms with E-state index in [2.05, 4.69) is 10.0 Å². The van der Waals surface area contributed by atoms with Gasteiger partial charge in [0.2, 0.25) is 10.0 Å². The molecule has 174 valence electrons. The predicted molar refractivity (Wildman–Crippen MR) is 117 cm³/mol. The number of methoxy groups -OCH3 is 3. The Morgan fingerprint density at radius 1 is 0.969 bits per heavy atom. The fourth-order valence-electron chi connectivity index (χ4n) is 2.69. The summed E-state index contributed by atoms with van der Waals surface area (Å²) in [5.41, 5.74) is 0.231. The summed E-state index contributed by atoms with van der Waals surface area (Å²) in [6.07, 6.45) is 0. The number of hydrogen-bond acceptors (Lipinski definition) is 8. The lowest BCUT2D eigenvalue weighted by atomic mass is 10.1. The minimum absolute atomic E-state index is 0.0747. The van der Waals surface area contributed by atoms with Crippen molar-refractivity contribution in [3.63, 3.8) is 0 Å². The van der Waals surface area contributed by atoms with E-state index in [0.717, 1.165) is 0 Å². The first-order valence-electron chi connectivity index (χ1n) is 9.50. The van der Waals surface area contributed by atoms with Crippen LogP contribution in [0.4, 0.5) is 5.69 Å². The molecule has 0 saturated carbocycles. The number of anilines is 1. The molecule has 2 aromatic carbocycles. The highest BCUT2D eigenvalue weighted by Crippen LogP contribution is 2.33. The summed E-state index contributed by atoms with van der Waals surface area (Å²) in [7, 11) is 0.428. The average molecular weight is 467 g/mol. The minimum Gasteiger partial charge on any atom is -0.493 e. The van der Waals surface area contributed by atoms with E-state index in [-0.39, 0.29) is 28.8 Å². The van der Waals surface area contributed by atoms with Crippen molar-refractivity contribution in [2.24, 2.45) is 0 Å². The number of ether oxygens (including phenoxy) is 4. The molecule has 0 aliphatic rings. The maximum atomic E-state index is 12.4. The quantitative estimate of drug-likeness (QED) is 0.510. The van der Waals surface area contributed by atoms with Gasteiger partial charge in [0.05, 0.1) is 37.5 Å². The number of carbonyl (C=O) groups is 2. The number of hydrogen-bond donors (Lipinski definition) is 2. The predicted octanol–water partition coefficient (Wildman–Crippen LogP) is 2.19. The SMILES string of the molecule is COC(=O)c1cc(OC)c(OC)cc1NC(=O)COc1ccc(S(=O)(=O)NC(C)C)cc1. The Morgan fingerprint density at radius 2 is 1.56 bits per heavy atom. The molecule has 0 atom stereocenters. The van der Waals surface area contributed by atoms with E-state index in [0.29, 0.717) is 17.2 Å². The average Bonchev–Trinajstić information content (AvgIpc) is 2.76. The van der Waals surface area contributed by atoms with Crippen molar-refractivity contribution in [1.82, 2.24) is 4.72 Å². The molecule has 0 unspecified atom stereocenters. The molecule has 0 saturated heterocycles. The van der Waals surface area contributed by atoms with Gasteiger partial charge in [-0.3, -0.25) is 4.79 Å². The summed E-state index contributed by atoms with van der Waals surface area (Å²) < 4.78 is 47.3. The molecule has 2 aromatic rings. The molecular formula is C21H26N2O8S. The van der Waals surface area contributed by atoms with Crippen LogP contribution in [0.5, 0.6) is 17.2 Å². The Hall–Kier alpha value is -3.31. The van der Waals surface area contributed by atoms with E-state index in [4.69, 9.17) is 18.9 Å². The number of amides is 1. The number of esters is 1. The summed E-state index contributed by atoms with van der Waals surface area (Å²) in [6, 6.07) is 8.22. The van der Waals surface area contributed by atoms with Crippen molar-refractivity contribution in [2.45, 2.75) is 24.8 Å². The van der Waals surface area contributed by atoms with Crippen LogP contribution in [0.15, 0.2) is 41.3 Å². The number of rotatable bonds is 10. The molecule has 32 heavy (non-hydrogen) atoms. The van der Waals surface area contributed by atoms with Crippen LogP contribution in [0.2, 0.25) is 0 Å². The molecule has 11 heteroatoms. The maximum Gasteiger partial charge on any atom is 0.340 e. The summed E-state index contributed by atoms with van der Waals surface area (Å²) >= 11 is 0. The maximum absolute atomic E-state index is 12.4. The van der Waals surface area contributed by atoms with Gasteiger partial charge in [-0.25, -0.2) is 17.9 Å². The van der Waals surface area contributed by atoms with Crippen LogP contribution < -0.4 is 24.2 Å². The minimum atomic E-state index is -3.63. The van der Waals surface area contributed by atoms with Crippen molar-refractivity contribution < 1.29 is 37.0 Å². The standard InChI is InChI=1S/C21H26N2O8S/c1-13(2)23-32(26,27)15-8-6-14(7-9-15)31-12-20(24)22-17-11-19(29-4)18(28-3)10-16(17)21(25)30-5/h6-11,13,23H,12H2,1-5H3,(H,22,24). The van der Waals surface area contributed by atoms with E-state index in [1.165, 1.54) is 57.7 Å². The van der Waals surface area contributed by atoms with Crippen molar-refractivity contribution in [3.05, 3.63) is 42.0 Å². The molecule has 1 amide bonds. The van der Waals surface area contributed by atoms with Gasteiger partial charge in [0.1, 0.15) is 5.75 Å². The van der Waals surface area contributed by atoms with Crippen molar-refractivity contribution in [1.29, 1.82) is 0 Å². The van der Waals surface area contributed by atoms with Gasteiger partial charge in [0.15, 0.2) is 18.1 Å². The van der Waals surface area contributed by atoms with Crippen LogP contribution in [0.3, 0.4) is 0 Å². The van der Waals surface area contributed by atoms with Crippen LogP contribution in [0.25, 0.3) is 0 Å². The highest BCUT2D eigenvalue weighted by molar-refractivity contribution is 7.89. The van der Waals surface area contributed by atoms with E-state index in [1.54, 1.807) is 13.8 Å². The van der Waals surface area contributed by atoms with Crippen LogP contribution in [0, 0.1) is 0 Å². The van der Waals surface area contributed by atoms with Gasteiger partial charge >= 0.3 is 5.97 Å². The topological polar surface area (TPSA) is 129 Å². The molecule has 0 spiro atoms. The van der Waals surface area contributed by atoms with Crippen LogP contribution in [-0.4, -0.2) is 54.3 Å². The zero-order valence-corrected chi connectivity index (χ0v) is 19.2. The third-order valence-electron chi connectivity index (χ3n) is 4.10. The Kier molecular flexibility index (Phi) is 8.44. The number of nitrogens with one attached hydrogen (secondary N) is 2. The smallest absolute Gasteiger partial charge is 0.340 e. The molecule has 0 aliphatic heterocycles. The molecule has 0 radical (unpaired) electrons. The van der Waals surface area contributed by atoms with Crippen LogP contribution in [-0.2, 0) is 19.6 Å². The fourth-order valence-corrected chi connectivity index (χ4v) is 3.94. The third kappa shape index (κ3) is 6.34. The first-order valence-corrected chi connectivity index (χ1v) is 11.0. The highest BCUT2D eigenvalue weighted by Gasteiger charge is 2.20. The van der Waals surface area contributed by atoms with Gasteiger partial charge < -0.3 is 24.3 Å². The number of sulfonamides is 1. The molecule has 0 aromatic heterocycles. The Bertz CT molecular complexity index is 1070. The van der Waals surface area contributed by atoms with Gasteiger partial charge in [-0.15, -0.1) is 0 Å². The lowest BCUT2D eigenvalue weighted by Crippen LogP contribution is -2.30. The van der Waals surface area contributed by atoms with Crippen molar-refractivity contribution >= 4 is 27.6 Å².